The van der Waals surface area contributed by atoms with Gasteiger partial charge in [-0.15, -0.1) is 0 Å². The first-order chi connectivity index (χ1) is 9.97. The average Bonchev–Trinajstić information content (AvgIpc) is 2.96. The lowest BCUT2D eigenvalue weighted by Gasteiger charge is -2.09. The fourth-order valence-corrected chi connectivity index (χ4v) is 3.70. The van der Waals surface area contributed by atoms with Gasteiger partial charge in [0.25, 0.3) is 9.05 Å². The Morgan fingerprint density at radius 1 is 1.43 bits per heavy atom. The number of rotatable bonds is 5. The number of H-pyrrole nitrogens is 1. The summed E-state index contributed by atoms with van der Waals surface area (Å²) in [6, 6.07) is 0. The second kappa shape index (κ2) is 5.58. The predicted molar refractivity (Wildman–Crippen MR) is 72.9 cm³/mol. The molecule has 0 amide bonds. The van der Waals surface area contributed by atoms with Crippen LogP contribution < -0.4 is 0 Å². The van der Waals surface area contributed by atoms with Gasteiger partial charge in [-0.2, -0.15) is 5.10 Å². The normalized spacial score (nSPS) is 22.4. The van der Waals surface area contributed by atoms with E-state index in [2.05, 4.69) is 10.2 Å². The van der Waals surface area contributed by atoms with Crippen molar-refractivity contribution in [1.82, 2.24) is 10.2 Å². The topological polar surface area (TPSA) is 98.3 Å². The molecular formula is C12H15ClN2O5S. The van der Waals surface area contributed by atoms with Gasteiger partial charge in [0.2, 0.25) is 0 Å². The van der Waals surface area contributed by atoms with Crippen molar-refractivity contribution in [2.75, 3.05) is 13.2 Å². The minimum atomic E-state index is -4.06. The average molecular weight is 335 g/mol. The van der Waals surface area contributed by atoms with E-state index < -0.39 is 15.0 Å². The smallest absolute Gasteiger partial charge is 0.360 e. The van der Waals surface area contributed by atoms with Crippen molar-refractivity contribution in [3.8, 4) is 0 Å². The van der Waals surface area contributed by atoms with Crippen LogP contribution in [-0.2, 0) is 18.5 Å². The lowest BCUT2D eigenvalue weighted by atomic mass is 10.2. The fraction of sp³-hybridized carbons (Fsp3) is 0.667. The molecule has 9 heteroatoms. The fourth-order valence-electron chi connectivity index (χ4n) is 2.39. The first-order valence-electron chi connectivity index (χ1n) is 6.78. The van der Waals surface area contributed by atoms with E-state index in [0.29, 0.717) is 12.3 Å². The molecule has 21 heavy (non-hydrogen) atoms. The van der Waals surface area contributed by atoms with Crippen molar-refractivity contribution in [2.24, 2.45) is 0 Å². The number of esters is 1. The molecular weight excluding hydrogens is 320 g/mol. The zero-order chi connectivity index (χ0) is 15.0. The van der Waals surface area contributed by atoms with Crippen molar-refractivity contribution >= 4 is 25.7 Å². The van der Waals surface area contributed by atoms with Crippen molar-refractivity contribution in [3.05, 3.63) is 11.4 Å². The highest BCUT2D eigenvalue weighted by atomic mass is 35.7. The molecule has 1 unspecified atom stereocenters. The number of hydrogen-bond donors (Lipinski definition) is 1. The summed E-state index contributed by atoms with van der Waals surface area (Å²) in [7, 11) is 1.37. The maximum atomic E-state index is 12.0. The molecule has 1 atom stereocenters. The molecule has 2 aliphatic rings. The summed E-state index contributed by atoms with van der Waals surface area (Å²) in [6.07, 6.45) is 3.32. The van der Waals surface area contributed by atoms with E-state index in [-0.39, 0.29) is 29.2 Å². The van der Waals surface area contributed by atoms with Crippen molar-refractivity contribution in [3.63, 3.8) is 0 Å². The number of ether oxygens (including phenoxy) is 2. The Morgan fingerprint density at radius 3 is 2.76 bits per heavy atom. The quantitative estimate of drug-likeness (QED) is 0.648. The zero-order valence-electron chi connectivity index (χ0n) is 11.2. The third-order valence-electron chi connectivity index (χ3n) is 3.59. The molecule has 3 rings (SSSR count). The van der Waals surface area contributed by atoms with Crippen LogP contribution in [0.3, 0.4) is 0 Å². The Morgan fingerprint density at radius 2 is 2.19 bits per heavy atom. The van der Waals surface area contributed by atoms with E-state index >= 15 is 0 Å². The van der Waals surface area contributed by atoms with Crippen LogP contribution in [0.25, 0.3) is 0 Å². The van der Waals surface area contributed by atoms with Crippen LogP contribution in [0.5, 0.6) is 0 Å². The van der Waals surface area contributed by atoms with E-state index in [1.165, 1.54) is 0 Å². The van der Waals surface area contributed by atoms with Gasteiger partial charge in [-0.05, 0) is 25.7 Å². The van der Waals surface area contributed by atoms with Gasteiger partial charge in [-0.3, -0.25) is 5.10 Å². The highest BCUT2D eigenvalue weighted by Crippen LogP contribution is 2.43. The van der Waals surface area contributed by atoms with E-state index in [9.17, 15) is 13.2 Å². The summed E-state index contributed by atoms with van der Waals surface area (Å²) in [6.45, 7) is 0.740. The Kier molecular flexibility index (Phi) is 3.94. The molecule has 1 saturated carbocycles. The van der Waals surface area contributed by atoms with Gasteiger partial charge in [-0.1, -0.05) is 0 Å². The number of nitrogens with zero attached hydrogens (tertiary/aromatic N) is 1. The van der Waals surface area contributed by atoms with Crippen LogP contribution in [0.2, 0.25) is 0 Å². The number of halogens is 1. The summed E-state index contributed by atoms with van der Waals surface area (Å²) in [5.74, 6) is -0.728. The van der Waals surface area contributed by atoms with E-state index in [0.717, 1.165) is 25.7 Å². The van der Waals surface area contributed by atoms with Gasteiger partial charge < -0.3 is 9.47 Å². The Labute approximate surface area is 126 Å². The number of hydrogen-bond acceptors (Lipinski definition) is 6. The summed E-state index contributed by atoms with van der Waals surface area (Å²) in [4.78, 5) is 11.8. The highest BCUT2D eigenvalue weighted by Gasteiger charge is 2.37. The first kappa shape index (κ1) is 14.8. The number of carbonyl (C=O) groups is 1. The second-order valence-electron chi connectivity index (χ2n) is 5.26. The van der Waals surface area contributed by atoms with Gasteiger partial charge in [0.1, 0.15) is 11.5 Å². The summed E-state index contributed by atoms with van der Waals surface area (Å²) in [5.41, 5.74) is 0.124. The van der Waals surface area contributed by atoms with E-state index in [4.69, 9.17) is 20.2 Å². The molecule has 1 aromatic heterocycles. The molecule has 1 aliphatic heterocycles. The molecule has 2 fully saturated rings. The molecule has 1 saturated heterocycles. The third-order valence-corrected chi connectivity index (χ3v) is 4.96. The van der Waals surface area contributed by atoms with E-state index in [1.807, 2.05) is 0 Å². The van der Waals surface area contributed by atoms with Crippen LogP contribution >= 0.6 is 10.7 Å². The summed E-state index contributed by atoms with van der Waals surface area (Å²) in [5, 5.41) is 6.39. The Bertz CT molecular complexity index is 647. The van der Waals surface area contributed by atoms with Crippen LogP contribution in [0.1, 0.15) is 47.8 Å². The van der Waals surface area contributed by atoms with Gasteiger partial charge in [-0.25, -0.2) is 13.2 Å². The summed E-state index contributed by atoms with van der Waals surface area (Å²) >= 11 is 0. The largest absolute Gasteiger partial charge is 0.458 e. The third kappa shape index (κ3) is 3.22. The molecule has 0 bridgehead atoms. The summed E-state index contributed by atoms with van der Waals surface area (Å²) < 4.78 is 33.8. The molecule has 0 aromatic carbocycles. The standard InChI is InChI=1S/C12H15ClN2O5S/c13-21(17,18)11-9(7-3-4-7)14-15-10(11)12(16)20-6-8-2-1-5-19-8/h7-8H,1-6H2,(H,14,15). The number of aromatic amines is 1. The minimum absolute atomic E-state index is 0.0701. The number of nitrogens with one attached hydrogen (secondary N) is 1. The molecule has 116 valence electrons. The molecule has 7 nitrogen and oxygen atoms in total. The monoisotopic (exact) mass is 334 g/mol. The molecule has 1 aliphatic carbocycles. The molecule has 2 heterocycles. The van der Waals surface area contributed by atoms with Crippen LogP contribution in [0, 0.1) is 0 Å². The second-order valence-corrected chi connectivity index (χ2v) is 7.76. The number of aromatic nitrogens is 2. The Hall–Kier alpha value is -1.12. The van der Waals surface area contributed by atoms with Crippen molar-refractivity contribution in [2.45, 2.75) is 42.6 Å². The Balaban J connectivity index is 1.79. The molecule has 1 aromatic rings. The molecule has 1 N–H and O–H groups in total. The van der Waals surface area contributed by atoms with Gasteiger partial charge in [0.05, 0.1) is 11.8 Å². The maximum Gasteiger partial charge on any atom is 0.360 e. The molecule has 0 spiro atoms. The SMILES string of the molecule is O=C(OCC1CCCO1)c1n[nH]c(C2CC2)c1S(=O)(=O)Cl. The van der Waals surface area contributed by atoms with Crippen LogP contribution in [-0.4, -0.2) is 43.9 Å². The van der Waals surface area contributed by atoms with E-state index in [1.54, 1.807) is 0 Å². The lowest BCUT2D eigenvalue weighted by molar-refractivity contribution is 0.0153. The van der Waals surface area contributed by atoms with Gasteiger partial charge in [0.15, 0.2) is 5.69 Å². The first-order valence-corrected chi connectivity index (χ1v) is 9.09. The zero-order valence-corrected chi connectivity index (χ0v) is 12.7. The van der Waals surface area contributed by atoms with Gasteiger partial charge in [0, 0.05) is 23.2 Å². The van der Waals surface area contributed by atoms with Crippen molar-refractivity contribution < 1.29 is 22.7 Å². The maximum absolute atomic E-state index is 12.0. The predicted octanol–water partition coefficient (Wildman–Crippen LogP) is 1.55. The number of carbonyl (C=O) groups excluding carboxylic acids is 1. The highest BCUT2D eigenvalue weighted by molar-refractivity contribution is 8.13. The van der Waals surface area contributed by atoms with Crippen LogP contribution in [0.15, 0.2) is 4.90 Å². The molecule has 0 radical (unpaired) electrons. The van der Waals surface area contributed by atoms with Crippen molar-refractivity contribution in [1.29, 1.82) is 0 Å². The minimum Gasteiger partial charge on any atom is -0.458 e. The lowest BCUT2D eigenvalue weighted by Crippen LogP contribution is -2.19. The van der Waals surface area contributed by atoms with Gasteiger partial charge >= 0.3 is 5.97 Å². The van der Waals surface area contributed by atoms with Crippen LogP contribution in [0.4, 0.5) is 0 Å².